The molecular formula is C31H42N5O11PS. The number of nitrogens with two attached hydrogens (primary N) is 1. The largest absolute Gasteiger partial charge is 0.497 e. The van der Waals surface area contributed by atoms with Gasteiger partial charge in [-0.2, -0.15) is 4.98 Å². The Kier molecular flexibility index (Phi) is 12.9. The topological polar surface area (TPSA) is 217 Å². The van der Waals surface area contributed by atoms with Gasteiger partial charge in [0.1, 0.15) is 16.3 Å². The Balaban J connectivity index is 1.43. The van der Waals surface area contributed by atoms with Gasteiger partial charge in [0.15, 0.2) is 5.65 Å². The fraction of sp³-hybridized carbons (Fsp3) is 0.581. The van der Waals surface area contributed by atoms with Crippen LogP contribution in [0.1, 0.15) is 64.2 Å². The van der Waals surface area contributed by atoms with Crippen LogP contribution in [0.4, 0.5) is 5.95 Å². The van der Waals surface area contributed by atoms with Crippen LogP contribution in [0.2, 0.25) is 0 Å². The van der Waals surface area contributed by atoms with Crippen LogP contribution in [0.25, 0.3) is 11.2 Å². The molecule has 5 rings (SSSR count). The Morgan fingerprint density at radius 3 is 2.04 bits per heavy atom. The molecule has 0 spiro atoms. The summed E-state index contributed by atoms with van der Waals surface area (Å²) in [5.74, 6) is -0.0665. The van der Waals surface area contributed by atoms with E-state index in [0.29, 0.717) is 47.6 Å². The fourth-order valence-corrected chi connectivity index (χ4v) is 7.82. The van der Waals surface area contributed by atoms with Gasteiger partial charge < -0.3 is 39.0 Å². The average Bonchev–Trinajstić information content (AvgIpc) is 3.51. The lowest BCUT2D eigenvalue weighted by Gasteiger charge is -2.41. The first-order valence-corrected chi connectivity index (χ1v) is 18.6. The second-order valence-electron chi connectivity index (χ2n) is 11.9. The minimum Gasteiger partial charge on any atom is -0.497 e. The van der Waals surface area contributed by atoms with E-state index in [1.54, 1.807) is 11.7 Å². The predicted octanol–water partition coefficient (Wildman–Crippen LogP) is 4.57. The van der Waals surface area contributed by atoms with Crippen LogP contribution >= 0.6 is 19.4 Å². The Labute approximate surface area is 287 Å². The molecule has 2 saturated carbocycles. The van der Waals surface area contributed by atoms with Crippen LogP contribution in [0, 0.1) is 11.8 Å². The molecule has 0 amide bonds. The molecule has 2 aliphatic rings. The van der Waals surface area contributed by atoms with E-state index in [1.807, 2.05) is 24.3 Å². The van der Waals surface area contributed by atoms with Gasteiger partial charge in [-0.1, -0.05) is 50.3 Å². The average molecular weight is 724 g/mol. The van der Waals surface area contributed by atoms with E-state index < -0.39 is 32.5 Å². The molecule has 49 heavy (non-hydrogen) atoms. The zero-order valence-electron chi connectivity index (χ0n) is 27.1. The molecule has 0 radical (unpaired) electrons. The highest BCUT2D eigenvalue weighted by Crippen LogP contribution is 2.55. The zero-order valence-corrected chi connectivity index (χ0v) is 28.8. The van der Waals surface area contributed by atoms with Gasteiger partial charge in [0, 0.05) is 23.3 Å². The second kappa shape index (κ2) is 17.1. The van der Waals surface area contributed by atoms with Gasteiger partial charge in [-0.15, -0.1) is 0 Å². The molecule has 2 fully saturated rings. The van der Waals surface area contributed by atoms with Crippen molar-refractivity contribution in [1.82, 2.24) is 19.5 Å². The van der Waals surface area contributed by atoms with Gasteiger partial charge in [0.2, 0.25) is 18.5 Å². The summed E-state index contributed by atoms with van der Waals surface area (Å²) in [6.45, 7) is -0.126. The van der Waals surface area contributed by atoms with Crippen molar-refractivity contribution < 1.29 is 52.4 Å². The van der Waals surface area contributed by atoms with Gasteiger partial charge in [0.05, 0.1) is 20.0 Å². The maximum atomic E-state index is 13.4. The first kappa shape index (κ1) is 37.0. The molecule has 4 N–H and O–H groups in total. The van der Waals surface area contributed by atoms with Crippen LogP contribution in [0.3, 0.4) is 0 Å². The maximum Gasteiger partial charge on any atom is 0.415 e. The maximum absolute atomic E-state index is 13.4. The van der Waals surface area contributed by atoms with Crippen LogP contribution in [0.15, 0.2) is 40.5 Å². The lowest BCUT2D eigenvalue weighted by atomic mass is 9.88. The number of benzene rings is 1. The molecule has 2 unspecified atom stereocenters. The number of aromatic nitrogens is 4. The van der Waals surface area contributed by atoms with Gasteiger partial charge in [-0.3, -0.25) is 23.6 Å². The number of nitrogens with zero attached hydrogens (tertiary/aromatic N) is 4. The summed E-state index contributed by atoms with van der Waals surface area (Å²) in [6, 6.07) is 7.36. The summed E-state index contributed by atoms with van der Waals surface area (Å²) in [7, 11) is -3.94. The third-order valence-electron chi connectivity index (χ3n) is 8.68. The molecule has 3 aromatic rings. The molecule has 2 aliphatic carbocycles. The van der Waals surface area contributed by atoms with E-state index in [9.17, 15) is 23.9 Å². The fourth-order valence-electron chi connectivity index (χ4n) is 6.20. The van der Waals surface area contributed by atoms with E-state index in [1.165, 1.54) is 18.1 Å². The second-order valence-corrected chi connectivity index (χ2v) is 14.6. The van der Waals surface area contributed by atoms with E-state index >= 15 is 0 Å². The first-order valence-electron chi connectivity index (χ1n) is 16.2. The molecule has 0 aliphatic heterocycles. The number of carbonyl (C=O) groups is 2. The Morgan fingerprint density at radius 1 is 0.959 bits per heavy atom. The smallest absolute Gasteiger partial charge is 0.415 e. The number of hydrogen-bond acceptors (Lipinski definition) is 14. The van der Waals surface area contributed by atoms with Crippen molar-refractivity contribution in [1.29, 1.82) is 0 Å². The monoisotopic (exact) mass is 723 g/mol. The number of ether oxygens (including phenoxy) is 6. The summed E-state index contributed by atoms with van der Waals surface area (Å²) >= 11 is 1.32. The van der Waals surface area contributed by atoms with Gasteiger partial charge in [-0.05, 0) is 49.9 Å². The molecule has 2 aromatic heterocycles. The number of nitrogen functional groups attached to an aromatic ring is 1. The molecule has 2 atom stereocenters. The number of imidazole rings is 1. The number of anilines is 1. The molecule has 2 heterocycles. The molecular weight excluding hydrogens is 681 g/mol. The lowest BCUT2D eigenvalue weighted by Crippen LogP contribution is -2.49. The quantitative estimate of drug-likeness (QED) is 0.0709. The van der Waals surface area contributed by atoms with E-state index in [-0.39, 0.29) is 37.3 Å². The van der Waals surface area contributed by atoms with Crippen molar-refractivity contribution in [2.75, 3.05) is 19.5 Å². The molecule has 0 saturated heterocycles. The summed E-state index contributed by atoms with van der Waals surface area (Å²) in [5, 5.41) is 0.492. The first-order chi connectivity index (χ1) is 23.7. The van der Waals surface area contributed by atoms with E-state index in [2.05, 4.69) is 15.0 Å². The predicted molar refractivity (Wildman–Crippen MR) is 175 cm³/mol. The van der Waals surface area contributed by atoms with Crippen LogP contribution in [-0.4, -0.2) is 74.3 Å². The highest BCUT2D eigenvalue weighted by molar-refractivity contribution is 7.99. The van der Waals surface area contributed by atoms with Gasteiger partial charge >= 0.3 is 13.3 Å². The van der Waals surface area contributed by atoms with E-state index in [0.717, 1.165) is 43.4 Å². The van der Waals surface area contributed by atoms with E-state index in [4.69, 9.17) is 34.2 Å². The number of hydrogen-bond donors (Lipinski definition) is 3. The van der Waals surface area contributed by atoms with Crippen molar-refractivity contribution in [3.8, 4) is 5.75 Å². The van der Waals surface area contributed by atoms with Crippen LogP contribution in [0.5, 0.6) is 5.75 Å². The van der Waals surface area contributed by atoms with Crippen LogP contribution < -0.4 is 10.5 Å². The summed E-state index contributed by atoms with van der Waals surface area (Å²) in [4.78, 5) is 58.8. The number of rotatable bonds is 18. The highest BCUT2D eigenvalue weighted by atomic mass is 32.2. The normalized spacial score (nSPS) is 18.8. The highest BCUT2D eigenvalue weighted by Gasteiger charge is 2.58. The molecule has 1 aromatic carbocycles. The summed E-state index contributed by atoms with van der Waals surface area (Å²) < 4.78 is 48.4. The standard InChI is InChI=1S/C31H42N5O11PS/c1-42-23-12-14-24(15-13-23)49-27-25-26(34-30(32)35-27)36(18-33-25)16-17-45-31(48(39,40)41,46-28(43-19-37)21-8-4-2-5-9-21)47-29(44-20-38)22-10-6-3-7-11-22/h12-15,18-22,28-29H,2-11,16-17H2,1H3,(H2,32,34,35)(H2,39,40,41). The minimum absolute atomic E-state index is 0.00918. The van der Waals surface area contributed by atoms with Crippen molar-refractivity contribution in [2.24, 2.45) is 11.8 Å². The van der Waals surface area contributed by atoms with Crippen molar-refractivity contribution in [3.05, 3.63) is 30.6 Å². The number of fused-ring (bicyclic) bond motifs is 1. The van der Waals surface area contributed by atoms with Gasteiger partial charge in [0.25, 0.3) is 12.9 Å². The van der Waals surface area contributed by atoms with Gasteiger partial charge in [-0.25, -0.2) is 9.97 Å². The Hall–Kier alpha value is -3.31. The van der Waals surface area contributed by atoms with Crippen LogP contribution in [-0.2, 0) is 44.4 Å². The molecule has 0 bridgehead atoms. The van der Waals surface area contributed by atoms with Crippen molar-refractivity contribution in [2.45, 2.75) is 99.0 Å². The number of methoxy groups -OCH3 is 1. The number of carbonyl (C=O) groups excluding carboxylic acids is 2. The summed E-state index contributed by atoms with van der Waals surface area (Å²) in [5.41, 5.74) is 3.76. The third kappa shape index (κ3) is 9.28. The summed E-state index contributed by atoms with van der Waals surface area (Å²) in [6.07, 6.45) is 6.19. The minimum atomic E-state index is -5.52. The molecule has 16 nitrogen and oxygen atoms in total. The van der Waals surface area contributed by atoms with Crippen molar-refractivity contribution >= 4 is 49.4 Å². The Morgan fingerprint density at radius 2 is 1.53 bits per heavy atom. The Bertz CT molecular complexity index is 1540. The SMILES string of the molecule is COc1ccc(Sc2nc(N)nc3c2ncn3CCOC(OC(OC=O)C2CCCCC2)(OC(OC=O)C2CCCCC2)P(=O)(O)O)cc1. The van der Waals surface area contributed by atoms with Crippen molar-refractivity contribution in [3.63, 3.8) is 0 Å². The molecule has 268 valence electrons. The molecule has 18 heteroatoms. The lowest BCUT2D eigenvalue weighted by molar-refractivity contribution is -0.413. The third-order valence-corrected chi connectivity index (χ3v) is 10.7. The zero-order chi connectivity index (χ0) is 34.9.